The Hall–Kier alpha value is -0.490. The molecule has 0 nitrogen and oxygen atoms in total. The molecule has 0 aromatic rings. The van der Waals surface area contributed by atoms with E-state index in [2.05, 4.69) is 6.58 Å². The Kier molecular flexibility index (Phi) is 1.54. The Bertz CT molecular complexity index is 160. The lowest BCUT2D eigenvalue weighted by atomic mass is 10.1. The van der Waals surface area contributed by atoms with Crippen molar-refractivity contribution in [1.29, 1.82) is 0 Å². The molecular formula is C7H7Cl. The van der Waals surface area contributed by atoms with Gasteiger partial charge in [0.05, 0.1) is 0 Å². The minimum atomic E-state index is 0.817. The summed E-state index contributed by atoms with van der Waals surface area (Å²) < 4.78 is 0. The van der Waals surface area contributed by atoms with Crippen LogP contribution >= 0.6 is 11.6 Å². The SMILES string of the molecule is C=C1C=CC(Cl)=CC1. The van der Waals surface area contributed by atoms with Crippen LogP contribution in [0.3, 0.4) is 0 Å². The molecule has 42 valence electrons. The van der Waals surface area contributed by atoms with Gasteiger partial charge in [-0.15, -0.1) is 0 Å². The van der Waals surface area contributed by atoms with Crippen molar-refractivity contribution in [3.8, 4) is 0 Å². The highest BCUT2D eigenvalue weighted by Crippen LogP contribution is 2.15. The zero-order chi connectivity index (χ0) is 5.98. The smallest absolute Gasteiger partial charge is 0.0369 e. The monoisotopic (exact) mass is 126 g/mol. The zero-order valence-electron chi connectivity index (χ0n) is 4.52. The van der Waals surface area contributed by atoms with Crippen LogP contribution in [0.4, 0.5) is 0 Å². The van der Waals surface area contributed by atoms with E-state index < -0.39 is 0 Å². The highest BCUT2D eigenvalue weighted by Gasteiger charge is 1.93. The standard InChI is InChI=1S/C7H7Cl/c1-6-2-4-7(8)5-3-6/h2,4-5H,1,3H2. The highest BCUT2D eigenvalue weighted by atomic mass is 35.5. The van der Waals surface area contributed by atoms with Crippen LogP contribution in [0.15, 0.2) is 35.4 Å². The maximum absolute atomic E-state index is 5.62. The van der Waals surface area contributed by atoms with Crippen LogP contribution in [0.5, 0.6) is 0 Å². The molecule has 1 heteroatoms. The summed E-state index contributed by atoms with van der Waals surface area (Å²) in [7, 11) is 0. The van der Waals surface area contributed by atoms with Crippen LogP contribution in [0.2, 0.25) is 0 Å². The second-order valence-corrected chi connectivity index (χ2v) is 2.22. The molecule has 8 heavy (non-hydrogen) atoms. The Morgan fingerprint density at radius 1 is 1.50 bits per heavy atom. The minimum absolute atomic E-state index is 0.817. The van der Waals surface area contributed by atoms with Crippen molar-refractivity contribution in [2.45, 2.75) is 6.42 Å². The summed E-state index contributed by atoms with van der Waals surface area (Å²) in [6, 6.07) is 0. The number of allylic oxidation sites excluding steroid dienone is 5. The van der Waals surface area contributed by atoms with Crippen molar-refractivity contribution in [1.82, 2.24) is 0 Å². The average Bonchev–Trinajstić information content (AvgIpc) is 1.77. The van der Waals surface area contributed by atoms with Gasteiger partial charge in [-0.1, -0.05) is 35.9 Å². The molecule has 1 aliphatic carbocycles. The molecular weight excluding hydrogens is 120 g/mol. The van der Waals surface area contributed by atoms with Crippen LogP contribution in [0.25, 0.3) is 0 Å². The summed E-state index contributed by atoms with van der Waals surface area (Å²) in [4.78, 5) is 0. The second kappa shape index (κ2) is 2.19. The van der Waals surface area contributed by atoms with Crippen LogP contribution < -0.4 is 0 Å². The lowest BCUT2D eigenvalue weighted by Gasteiger charge is -1.99. The molecule has 0 saturated carbocycles. The van der Waals surface area contributed by atoms with Gasteiger partial charge in [-0.05, 0) is 12.5 Å². The first-order valence-corrected chi connectivity index (χ1v) is 2.88. The number of rotatable bonds is 0. The van der Waals surface area contributed by atoms with E-state index in [0.29, 0.717) is 0 Å². The summed E-state index contributed by atoms with van der Waals surface area (Å²) in [5.41, 5.74) is 1.12. The van der Waals surface area contributed by atoms with E-state index in [0.717, 1.165) is 17.0 Å². The maximum atomic E-state index is 5.62. The van der Waals surface area contributed by atoms with Crippen LogP contribution in [0, 0.1) is 0 Å². The Morgan fingerprint density at radius 2 is 2.25 bits per heavy atom. The van der Waals surface area contributed by atoms with E-state index in [1.165, 1.54) is 0 Å². The normalized spacial score (nSPS) is 18.6. The van der Waals surface area contributed by atoms with Gasteiger partial charge >= 0.3 is 0 Å². The third kappa shape index (κ3) is 1.24. The second-order valence-electron chi connectivity index (χ2n) is 1.78. The molecule has 0 aliphatic heterocycles. The van der Waals surface area contributed by atoms with Gasteiger partial charge in [-0.2, -0.15) is 0 Å². The van der Waals surface area contributed by atoms with Crippen LogP contribution in [0.1, 0.15) is 6.42 Å². The van der Waals surface area contributed by atoms with Crippen molar-refractivity contribution in [2.24, 2.45) is 0 Å². The summed E-state index contributed by atoms with van der Waals surface area (Å²) in [6.45, 7) is 3.76. The van der Waals surface area contributed by atoms with E-state index in [1.54, 1.807) is 0 Å². The van der Waals surface area contributed by atoms with Gasteiger partial charge in [0.1, 0.15) is 0 Å². The largest absolute Gasteiger partial charge is 0.0955 e. The van der Waals surface area contributed by atoms with E-state index >= 15 is 0 Å². The van der Waals surface area contributed by atoms with E-state index in [-0.39, 0.29) is 0 Å². The molecule has 0 N–H and O–H groups in total. The molecule has 0 heterocycles. The average molecular weight is 127 g/mol. The van der Waals surface area contributed by atoms with Gasteiger partial charge < -0.3 is 0 Å². The topological polar surface area (TPSA) is 0 Å². The van der Waals surface area contributed by atoms with Gasteiger partial charge in [-0.3, -0.25) is 0 Å². The molecule has 0 radical (unpaired) electrons. The summed E-state index contributed by atoms with van der Waals surface area (Å²) in [5.74, 6) is 0. The van der Waals surface area contributed by atoms with Crippen LogP contribution in [-0.2, 0) is 0 Å². The molecule has 0 aromatic heterocycles. The lowest BCUT2D eigenvalue weighted by Crippen LogP contribution is -1.78. The molecule has 0 spiro atoms. The summed E-state index contributed by atoms with van der Waals surface area (Å²) in [6.07, 6.45) is 6.63. The van der Waals surface area contributed by atoms with Crippen molar-refractivity contribution in [3.05, 3.63) is 35.4 Å². The fourth-order valence-electron chi connectivity index (χ4n) is 0.562. The van der Waals surface area contributed by atoms with Crippen molar-refractivity contribution in [3.63, 3.8) is 0 Å². The number of halogens is 1. The molecule has 1 aliphatic rings. The summed E-state index contributed by atoms with van der Waals surface area (Å²) in [5, 5.41) is 0.817. The third-order valence-corrected chi connectivity index (χ3v) is 1.32. The number of hydrogen-bond acceptors (Lipinski definition) is 0. The molecule has 0 fully saturated rings. The maximum Gasteiger partial charge on any atom is 0.0369 e. The zero-order valence-corrected chi connectivity index (χ0v) is 5.28. The molecule has 0 saturated heterocycles. The summed E-state index contributed by atoms with van der Waals surface area (Å²) >= 11 is 5.62. The predicted octanol–water partition coefficient (Wildman–Crippen LogP) is 2.63. The molecule has 0 unspecified atom stereocenters. The van der Waals surface area contributed by atoms with Crippen molar-refractivity contribution < 1.29 is 0 Å². The molecule has 0 aromatic carbocycles. The van der Waals surface area contributed by atoms with Gasteiger partial charge in [0.2, 0.25) is 0 Å². The highest BCUT2D eigenvalue weighted by molar-refractivity contribution is 6.31. The predicted molar refractivity (Wildman–Crippen MR) is 36.8 cm³/mol. The quantitative estimate of drug-likeness (QED) is 0.468. The van der Waals surface area contributed by atoms with E-state index in [9.17, 15) is 0 Å². The van der Waals surface area contributed by atoms with Gasteiger partial charge in [0.25, 0.3) is 0 Å². The minimum Gasteiger partial charge on any atom is -0.0955 e. The first-order valence-electron chi connectivity index (χ1n) is 2.50. The Morgan fingerprint density at radius 3 is 2.62 bits per heavy atom. The van der Waals surface area contributed by atoms with Crippen molar-refractivity contribution in [2.75, 3.05) is 0 Å². The molecule has 1 rings (SSSR count). The van der Waals surface area contributed by atoms with Gasteiger partial charge in [0, 0.05) is 5.03 Å². The molecule has 0 bridgehead atoms. The van der Waals surface area contributed by atoms with Gasteiger partial charge in [0.15, 0.2) is 0 Å². The third-order valence-electron chi connectivity index (χ3n) is 1.04. The molecule has 0 amide bonds. The lowest BCUT2D eigenvalue weighted by molar-refractivity contribution is 1.27. The Labute approximate surface area is 54.2 Å². The first-order chi connectivity index (χ1) is 3.79. The molecule has 0 atom stereocenters. The fraction of sp³-hybridized carbons (Fsp3) is 0.143. The van der Waals surface area contributed by atoms with Crippen molar-refractivity contribution >= 4 is 11.6 Å². The van der Waals surface area contributed by atoms with Crippen LogP contribution in [-0.4, -0.2) is 0 Å². The van der Waals surface area contributed by atoms with E-state index in [1.807, 2.05) is 18.2 Å². The first kappa shape index (κ1) is 5.64. The van der Waals surface area contributed by atoms with Gasteiger partial charge in [-0.25, -0.2) is 0 Å². The number of hydrogen-bond donors (Lipinski definition) is 0. The fourth-order valence-corrected chi connectivity index (χ4v) is 0.702. The van der Waals surface area contributed by atoms with E-state index in [4.69, 9.17) is 11.6 Å². The Balaban J connectivity index is 2.71.